The van der Waals surface area contributed by atoms with Crippen LogP contribution in [-0.4, -0.2) is 68.7 Å². The maximum absolute atomic E-state index is 12.5. The molecule has 3 aromatic rings. The average molecular weight is 521 g/mol. The van der Waals surface area contributed by atoms with Gasteiger partial charge in [-0.3, -0.25) is 9.69 Å². The van der Waals surface area contributed by atoms with Crippen molar-refractivity contribution in [3.05, 3.63) is 54.1 Å². The molecule has 2 aromatic carbocycles. The zero-order chi connectivity index (χ0) is 25.6. The third kappa shape index (κ3) is 6.08. The second-order valence-corrected chi connectivity index (χ2v) is 10.7. The number of nitrogens with one attached hydrogen (secondary N) is 1. The van der Waals surface area contributed by atoms with Crippen LogP contribution >= 0.6 is 11.5 Å². The molecular weight excluding hydrogens is 484 g/mol. The zero-order valence-electron chi connectivity index (χ0n) is 21.7. The molecule has 7 nitrogen and oxygen atoms in total. The number of carbonyl (C=O) groups excluding carboxylic acids is 1. The van der Waals surface area contributed by atoms with Crippen molar-refractivity contribution in [2.45, 2.75) is 19.3 Å². The lowest BCUT2D eigenvalue weighted by molar-refractivity contribution is -0.116. The van der Waals surface area contributed by atoms with Gasteiger partial charge < -0.3 is 19.7 Å². The average Bonchev–Trinajstić information content (AvgIpc) is 3.58. The van der Waals surface area contributed by atoms with Gasteiger partial charge in [-0.25, -0.2) is 0 Å². The summed E-state index contributed by atoms with van der Waals surface area (Å²) in [5.41, 5.74) is 0.849. The summed E-state index contributed by atoms with van der Waals surface area (Å²) in [7, 11) is 3.24. The lowest BCUT2D eigenvalue weighted by Crippen LogP contribution is -2.48. The molecule has 0 bridgehead atoms. The highest BCUT2D eigenvalue weighted by Crippen LogP contribution is 2.33. The molecule has 1 saturated heterocycles. The molecule has 1 amide bonds. The van der Waals surface area contributed by atoms with Gasteiger partial charge >= 0.3 is 0 Å². The fourth-order valence-corrected chi connectivity index (χ4v) is 6.41. The van der Waals surface area contributed by atoms with Gasteiger partial charge in [-0.15, -0.1) is 0 Å². The first-order chi connectivity index (χ1) is 18.1. The summed E-state index contributed by atoms with van der Waals surface area (Å²) >= 11 is 1.59. The summed E-state index contributed by atoms with van der Waals surface area (Å²) in [6.07, 6.45) is 7.07. The van der Waals surface area contributed by atoms with E-state index >= 15 is 0 Å². The monoisotopic (exact) mass is 520 g/mol. The molecule has 1 N–H and O–H groups in total. The first kappa shape index (κ1) is 25.5. The summed E-state index contributed by atoms with van der Waals surface area (Å²) in [5, 5.41) is 4.41. The van der Waals surface area contributed by atoms with E-state index in [4.69, 9.17) is 13.8 Å². The number of hydrogen-bond acceptors (Lipinski definition) is 7. The predicted octanol–water partition coefficient (Wildman–Crippen LogP) is 4.68. The molecule has 2 fully saturated rings. The molecule has 2 atom stereocenters. The predicted molar refractivity (Wildman–Crippen MR) is 151 cm³/mol. The minimum absolute atomic E-state index is 0.0624. The van der Waals surface area contributed by atoms with Crippen LogP contribution in [0.25, 0.3) is 16.2 Å². The summed E-state index contributed by atoms with van der Waals surface area (Å²) in [6, 6.07) is 14.1. The molecular formula is C29H36N4O3S. The minimum Gasteiger partial charge on any atom is -0.497 e. The molecule has 1 aliphatic carbocycles. The highest BCUT2D eigenvalue weighted by atomic mass is 32.1. The lowest BCUT2D eigenvalue weighted by atomic mass is 9.95. The summed E-state index contributed by atoms with van der Waals surface area (Å²) < 4.78 is 16.7. The number of carbonyl (C=O) groups is 1. The fraction of sp³-hybridized carbons (Fsp3) is 0.448. The quantitative estimate of drug-likeness (QED) is 0.413. The topological polar surface area (TPSA) is 66.9 Å². The summed E-state index contributed by atoms with van der Waals surface area (Å²) in [5.74, 6) is 3.66. The third-order valence-electron chi connectivity index (χ3n) is 7.73. The molecule has 37 heavy (non-hydrogen) atoms. The SMILES string of the molecule is COc1ccc(C=CC(=O)NC[C@H]2CCC[C@@H]2CN2CCN(c3nsc4ccccc34)CC2)c(OC)c1. The van der Waals surface area contributed by atoms with Crippen LogP contribution in [0.2, 0.25) is 0 Å². The van der Waals surface area contributed by atoms with Crippen molar-refractivity contribution in [1.29, 1.82) is 0 Å². The Labute approximate surface area is 223 Å². The third-order valence-corrected chi connectivity index (χ3v) is 8.55. The fourth-order valence-electron chi connectivity index (χ4n) is 5.61. The molecule has 1 aliphatic heterocycles. The van der Waals surface area contributed by atoms with Gasteiger partial charge in [0.05, 0.1) is 18.9 Å². The molecule has 8 heteroatoms. The van der Waals surface area contributed by atoms with E-state index in [1.54, 1.807) is 37.9 Å². The van der Waals surface area contributed by atoms with E-state index in [1.165, 1.54) is 29.3 Å². The van der Waals surface area contributed by atoms with Gasteiger partial charge in [0.25, 0.3) is 0 Å². The number of anilines is 1. The molecule has 0 radical (unpaired) electrons. The Bertz CT molecular complexity index is 1230. The van der Waals surface area contributed by atoms with E-state index in [1.807, 2.05) is 18.2 Å². The van der Waals surface area contributed by atoms with Gasteiger partial charge in [-0.05, 0) is 66.6 Å². The smallest absolute Gasteiger partial charge is 0.244 e. The molecule has 1 aromatic heterocycles. The standard InChI is InChI=1S/C29H36N4O3S/c1-35-24-12-10-21(26(18-24)36-2)11-13-28(34)30-19-22-6-5-7-23(22)20-32-14-16-33(17-15-32)29-25-8-3-4-9-27(25)37-31-29/h3-4,8-13,18,22-23H,5-7,14-17,19-20H2,1-2H3,(H,30,34)/t22-,23-/m1/s1. The maximum Gasteiger partial charge on any atom is 0.244 e. The van der Waals surface area contributed by atoms with Crippen molar-refractivity contribution >= 4 is 39.4 Å². The number of aromatic nitrogens is 1. The number of nitrogens with zero attached hydrogens (tertiary/aromatic N) is 3. The van der Waals surface area contributed by atoms with Crippen LogP contribution in [0, 0.1) is 11.8 Å². The van der Waals surface area contributed by atoms with E-state index < -0.39 is 0 Å². The van der Waals surface area contributed by atoms with Crippen LogP contribution < -0.4 is 19.7 Å². The van der Waals surface area contributed by atoms with Crippen molar-refractivity contribution in [3.63, 3.8) is 0 Å². The Hall–Kier alpha value is -3.10. The van der Waals surface area contributed by atoms with Gasteiger partial charge in [-0.1, -0.05) is 18.6 Å². The minimum atomic E-state index is -0.0624. The Morgan fingerprint density at radius 1 is 1.08 bits per heavy atom. The zero-order valence-corrected chi connectivity index (χ0v) is 22.5. The van der Waals surface area contributed by atoms with Gasteiger partial charge in [0.1, 0.15) is 17.3 Å². The van der Waals surface area contributed by atoms with Crippen molar-refractivity contribution in [3.8, 4) is 11.5 Å². The van der Waals surface area contributed by atoms with Crippen molar-refractivity contribution in [2.24, 2.45) is 11.8 Å². The van der Waals surface area contributed by atoms with E-state index in [0.717, 1.165) is 56.4 Å². The Balaban J connectivity index is 1.09. The lowest BCUT2D eigenvalue weighted by Gasteiger charge is -2.37. The van der Waals surface area contributed by atoms with Crippen molar-refractivity contribution in [1.82, 2.24) is 14.6 Å². The van der Waals surface area contributed by atoms with Crippen LogP contribution in [0.5, 0.6) is 11.5 Å². The second kappa shape index (κ2) is 12.0. The molecule has 2 aliphatic rings. The number of benzene rings is 2. The Morgan fingerprint density at radius 2 is 1.89 bits per heavy atom. The molecule has 1 saturated carbocycles. The molecule has 0 unspecified atom stereocenters. The summed E-state index contributed by atoms with van der Waals surface area (Å²) in [4.78, 5) is 17.6. The van der Waals surface area contributed by atoms with Crippen molar-refractivity contribution in [2.75, 3.05) is 58.4 Å². The summed E-state index contributed by atoms with van der Waals surface area (Å²) in [6.45, 7) is 6.01. The van der Waals surface area contributed by atoms with Gasteiger partial charge in [0.15, 0.2) is 0 Å². The Kier molecular flexibility index (Phi) is 8.26. The highest BCUT2D eigenvalue weighted by Gasteiger charge is 2.30. The second-order valence-electron chi connectivity index (χ2n) is 9.93. The van der Waals surface area contributed by atoms with E-state index in [9.17, 15) is 4.79 Å². The number of fused-ring (bicyclic) bond motifs is 1. The van der Waals surface area contributed by atoms with Crippen LogP contribution in [0.1, 0.15) is 24.8 Å². The normalized spacial score (nSPS) is 20.5. The number of ether oxygens (including phenoxy) is 2. The maximum atomic E-state index is 12.5. The molecule has 5 rings (SSSR count). The highest BCUT2D eigenvalue weighted by molar-refractivity contribution is 7.13. The molecule has 0 spiro atoms. The molecule has 196 valence electrons. The van der Waals surface area contributed by atoms with E-state index in [0.29, 0.717) is 17.6 Å². The van der Waals surface area contributed by atoms with Crippen LogP contribution in [0.15, 0.2) is 48.5 Å². The van der Waals surface area contributed by atoms with Crippen molar-refractivity contribution < 1.29 is 14.3 Å². The van der Waals surface area contributed by atoms with Gasteiger partial charge in [0.2, 0.25) is 5.91 Å². The van der Waals surface area contributed by atoms with Crippen LogP contribution in [0.3, 0.4) is 0 Å². The first-order valence-electron chi connectivity index (χ1n) is 13.1. The van der Waals surface area contributed by atoms with E-state index in [2.05, 4.69) is 39.4 Å². The number of piperazine rings is 1. The van der Waals surface area contributed by atoms with Crippen LogP contribution in [-0.2, 0) is 4.79 Å². The number of rotatable bonds is 9. The number of amides is 1. The molecule has 2 heterocycles. The van der Waals surface area contributed by atoms with Gasteiger partial charge in [0, 0.05) is 62.4 Å². The number of methoxy groups -OCH3 is 2. The van der Waals surface area contributed by atoms with Crippen LogP contribution in [0.4, 0.5) is 5.82 Å². The number of hydrogen-bond donors (Lipinski definition) is 1. The van der Waals surface area contributed by atoms with Gasteiger partial charge in [-0.2, -0.15) is 4.37 Å². The van der Waals surface area contributed by atoms with E-state index in [-0.39, 0.29) is 5.91 Å². The Morgan fingerprint density at radius 3 is 2.70 bits per heavy atom. The largest absolute Gasteiger partial charge is 0.497 e. The first-order valence-corrected chi connectivity index (χ1v) is 13.9.